The molecule has 6 fully saturated rings. The van der Waals surface area contributed by atoms with E-state index in [9.17, 15) is 13.2 Å². The molecule has 4 bridgehead atoms. The number of hydrogen-bond donors (Lipinski definition) is 1. The van der Waals surface area contributed by atoms with Gasteiger partial charge in [0, 0.05) is 19.1 Å². The van der Waals surface area contributed by atoms with Crippen LogP contribution in [0, 0.1) is 35.0 Å². The van der Waals surface area contributed by atoms with Crippen LogP contribution in [0.4, 0.5) is 4.79 Å². The Hall–Kier alpha value is -0.780. The molecular formula is C21H34N2O3S. The van der Waals surface area contributed by atoms with Gasteiger partial charge in [-0.05, 0) is 93.3 Å². The normalized spacial score (nSPS) is 42.0. The van der Waals surface area contributed by atoms with Crippen LogP contribution in [0.5, 0.6) is 0 Å². The smallest absolute Gasteiger partial charge is 0.317 e. The zero-order chi connectivity index (χ0) is 18.8. The number of hydrogen-bond acceptors (Lipinski definition) is 3. The quantitative estimate of drug-likeness (QED) is 0.800. The van der Waals surface area contributed by atoms with Gasteiger partial charge < -0.3 is 10.2 Å². The molecule has 0 aromatic heterocycles. The number of sulfone groups is 1. The molecule has 27 heavy (non-hydrogen) atoms. The van der Waals surface area contributed by atoms with E-state index in [-0.39, 0.29) is 12.1 Å². The van der Waals surface area contributed by atoms with E-state index in [2.05, 4.69) is 12.2 Å². The van der Waals surface area contributed by atoms with Crippen molar-refractivity contribution in [3.05, 3.63) is 0 Å². The average molecular weight is 395 g/mol. The van der Waals surface area contributed by atoms with E-state index in [1.54, 1.807) is 0 Å². The molecule has 2 saturated heterocycles. The second-order valence-corrected chi connectivity index (χ2v) is 12.9. The maximum atomic E-state index is 12.8. The molecule has 6 aliphatic rings. The first kappa shape index (κ1) is 18.3. The lowest BCUT2D eigenvalue weighted by Crippen LogP contribution is -2.61. The molecule has 0 aromatic carbocycles. The maximum absolute atomic E-state index is 12.8. The minimum atomic E-state index is -2.79. The highest BCUT2D eigenvalue weighted by Crippen LogP contribution is 2.61. The summed E-state index contributed by atoms with van der Waals surface area (Å²) in [6.45, 7) is 3.86. The fraction of sp³-hybridized carbons (Fsp3) is 0.952. The second-order valence-electron chi connectivity index (χ2n) is 10.6. The lowest BCUT2D eigenvalue weighted by atomic mass is 9.48. The van der Waals surface area contributed by atoms with E-state index in [0.29, 0.717) is 28.8 Å². The van der Waals surface area contributed by atoms with Crippen molar-refractivity contribution in [2.45, 2.75) is 64.3 Å². The van der Waals surface area contributed by atoms with Gasteiger partial charge in [-0.25, -0.2) is 13.2 Å². The number of nitrogens with zero attached hydrogens (tertiary/aromatic N) is 1. The highest BCUT2D eigenvalue weighted by Gasteiger charge is 2.53. The second kappa shape index (κ2) is 6.36. The largest absolute Gasteiger partial charge is 0.335 e. The van der Waals surface area contributed by atoms with Crippen LogP contribution in [0.25, 0.3) is 0 Å². The summed E-state index contributed by atoms with van der Waals surface area (Å²) in [4.78, 5) is 14.7. The van der Waals surface area contributed by atoms with E-state index in [1.165, 1.54) is 38.5 Å². The molecule has 2 amide bonds. The molecule has 0 spiro atoms. The third-order valence-electron chi connectivity index (χ3n) is 8.81. The molecule has 1 N–H and O–H groups in total. The van der Waals surface area contributed by atoms with Crippen molar-refractivity contribution in [1.82, 2.24) is 10.2 Å². The first-order valence-corrected chi connectivity index (χ1v) is 12.9. The third-order valence-corrected chi connectivity index (χ3v) is 10.5. The first-order chi connectivity index (χ1) is 12.8. The van der Waals surface area contributed by atoms with Gasteiger partial charge in [-0.2, -0.15) is 0 Å². The van der Waals surface area contributed by atoms with Gasteiger partial charge in [0.1, 0.15) is 9.84 Å². The number of rotatable bonds is 3. The third kappa shape index (κ3) is 3.30. The van der Waals surface area contributed by atoms with Crippen molar-refractivity contribution in [3.8, 4) is 0 Å². The molecule has 0 unspecified atom stereocenters. The Morgan fingerprint density at radius 2 is 1.48 bits per heavy atom. The Bertz CT molecular complexity index is 664. The molecule has 152 valence electrons. The molecular weight excluding hydrogens is 360 g/mol. The summed E-state index contributed by atoms with van der Waals surface area (Å²) in [6.07, 6.45) is 9.83. The van der Waals surface area contributed by atoms with E-state index >= 15 is 0 Å². The van der Waals surface area contributed by atoms with Crippen molar-refractivity contribution >= 4 is 15.9 Å². The summed E-state index contributed by atoms with van der Waals surface area (Å²) >= 11 is 0. The number of urea groups is 1. The summed E-state index contributed by atoms with van der Waals surface area (Å²) in [5.41, 5.74) is 0.354. The summed E-state index contributed by atoms with van der Waals surface area (Å²) in [5, 5.41) is 3.37. The highest BCUT2D eigenvalue weighted by atomic mass is 32.2. The van der Waals surface area contributed by atoms with Crippen LogP contribution in [0.15, 0.2) is 0 Å². The number of nitrogens with one attached hydrogen (secondary N) is 1. The van der Waals surface area contributed by atoms with Gasteiger partial charge in [0.2, 0.25) is 0 Å². The van der Waals surface area contributed by atoms with Gasteiger partial charge in [0.05, 0.1) is 11.5 Å². The molecule has 6 rings (SSSR count). The zero-order valence-electron chi connectivity index (χ0n) is 16.5. The molecule has 4 saturated carbocycles. The Morgan fingerprint density at radius 1 is 0.963 bits per heavy atom. The number of amides is 2. The lowest BCUT2D eigenvalue weighted by Gasteiger charge is -2.59. The number of carbonyl (C=O) groups is 1. The molecule has 1 atom stereocenters. The van der Waals surface area contributed by atoms with Crippen LogP contribution in [0.3, 0.4) is 0 Å². The zero-order valence-corrected chi connectivity index (χ0v) is 17.3. The summed E-state index contributed by atoms with van der Waals surface area (Å²) in [7, 11) is -2.79. The van der Waals surface area contributed by atoms with Gasteiger partial charge >= 0.3 is 6.03 Å². The standard InChI is InChI=1S/C21H34N2O3S/c1-14(21-9-15-6-16(10-21)8-17(7-15)11-21)22-20(24)23-12-19(13-23)18-2-4-27(25,26)5-3-18/h14-19H,2-13H2,1H3,(H,22,24)/t14-,15?,16?,17?,21?/m0/s1. The Kier molecular flexibility index (Phi) is 4.30. The van der Waals surface area contributed by atoms with Crippen LogP contribution in [0.2, 0.25) is 0 Å². The van der Waals surface area contributed by atoms with Gasteiger partial charge in [0.15, 0.2) is 0 Å². The highest BCUT2D eigenvalue weighted by molar-refractivity contribution is 7.91. The predicted molar refractivity (Wildman–Crippen MR) is 105 cm³/mol. The average Bonchev–Trinajstić information content (AvgIpc) is 2.53. The Labute approximate surface area is 163 Å². The van der Waals surface area contributed by atoms with Crippen LogP contribution in [0.1, 0.15) is 58.3 Å². The van der Waals surface area contributed by atoms with Crippen molar-refractivity contribution < 1.29 is 13.2 Å². The minimum absolute atomic E-state index is 0.109. The SMILES string of the molecule is C[C@H](NC(=O)N1CC(C2CCS(=O)(=O)CC2)C1)C12CC3CC(CC(C3)C1)C2. The monoisotopic (exact) mass is 394 g/mol. The van der Waals surface area contributed by atoms with Crippen molar-refractivity contribution in [2.24, 2.45) is 35.0 Å². The van der Waals surface area contributed by atoms with Crippen molar-refractivity contribution in [2.75, 3.05) is 24.6 Å². The van der Waals surface area contributed by atoms with Gasteiger partial charge in [0.25, 0.3) is 0 Å². The van der Waals surface area contributed by atoms with Crippen LogP contribution in [-0.2, 0) is 9.84 Å². The summed E-state index contributed by atoms with van der Waals surface area (Å²) in [5.74, 6) is 4.39. The Balaban J connectivity index is 1.13. The minimum Gasteiger partial charge on any atom is -0.335 e. The summed E-state index contributed by atoms with van der Waals surface area (Å²) < 4.78 is 23.2. The molecule has 0 aromatic rings. The number of likely N-dealkylation sites (tertiary alicyclic amines) is 1. The molecule has 2 heterocycles. The molecule has 5 nitrogen and oxygen atoms in total. The fourth-order valence-electron chi connectivity index (χ4n) is 7.49. The van der Waals surface area contributed by atoms with Gasteiger partial charge in [-0.3, -0.25) is 0 Å². The molecule has 2 aliphatic heterocycles. The van der Waals surface area contributed by atoms with E-state index in [4.69, 9.17) is 0 Å². The maximum Gasteiger partial charge on any atom is 0.317 e. The number of carbonyl (C=O) groups excluding carboxylic acids is 1. The van der Waals surface area contributed by atoms with Gasteiger partial charge in [-0.1, -0.05) is 0 Å². The molecule has 0 radical (unpaired) electrons. The predicted octanol–water partition coefficient (Wildman–Crippen LogP) is 3.06. The summed E-state index contributed by atoms with van der Waals surface area (Å²) in [6, 6.07) is 0.384. The first-order valence-electron chi connectivity index (χ1n) is 11.1. The van der Waals surface area contributed by atoms with Crippen LogP contribution >= 0.6 is 0 Å². The Morgan fingerprint density at radius 3 is 2.00 bits per heavy atom. The van der Waals surface area contributed by atoms with E-state index in [1.807, 2.05) is 4.90 Å². The molecule has 4 aliphatic carbocycles. The lowest BCUT2D eigenvalue weighted by molar-refractivity contribution is -0.0694. The van der Waals surface area contributed by atoms with Crippen molar-refractivity contribution in [1.29, 1.82) is 0 Å². The van der Waals surface area contributed by atoms with Crippen LogP contribution in [-0.4, -0.2) is 50.0 Å². The topological polar surface area (TPSA) is 66.5 Å². The van der Waals surface area contributed by atoms with Crippen LogP contribution < -0.4 is 5.32 Å². The van der Waals surface area contributed by atoms with E-state index < -0.39 is 9.84 Å². The van der Waals surface area contributed by atoms with Crippen molar-refractivity contribution in [3.63, 3.8) is 0 Å². The van der Waals surface area contributed by atoms with Gasteiger partial charge in [-0.15, -0.1) is 0 Å². The fourth-order valence-corrected chi connectivity index (χ4v) is 9.02. The van der Waals surface area contributed by atoms with E-state index in [0.717, 1.165) is 43.7 Å². The molecule has 6 heteroatoms.